The highest BCUT2D eigenvalue weighted by atomic mass is 32.1. The number of benzene rings is 1. The largest absolute Gasteiger partial charge is 0.477 e. The minimum atomic E-state index is -0.999. The second-order valence-electron chi connectivity index (χ2n) is 7.54. The Balaban J connectivity index is 1.89. The van der Waals surface area contributed by atoms with Crippen LogP contribution in [0.15, 0.2) is 49.2 Å². The summed E-state index contributed by atoms with van der Waals surface area (Å²) in [6.07, 6.45) is 3.93. The second kappa shape index (κ2) is 8.51. The molecule has 4 rings (SSSR count). The Morgan fingerprint density at radius 1 is 1.26 bits per heavy atom. The molecule has 160 valence electrons. The number of carbonyl (C=O) groups excluding carboxylic acids is 1. The lowest BCUT2D eigenvalue weighted by Gasteiger charge is -2.33. The third kappa shape index (κ3) is 3.70. The topological polar surface area (TPSA) is 75.4 Å². The molecule has 1 amide bonds. The van der Waals surface area contributed by atoms with Gasteiger partial charge in [-0.15, -0.1) is 11.3 Å². The number of rotatable bonds is 6. The van der Waals surface area contributed by atoms with Gasteiger partial charge in [0.05, 0.1) is 12.7 Å². The van der Waals surface area contributed by atoms with Crippen molar-refractivity contribution in [1.29, 1.82) is 0 Å². The van der Waals surface area contributed by atoms with Gasteiger partial charge in [0.2, 0.25) is 5.91 Å². The molecule has 1 N–H and O–H groups in total. The molecule has 6 nitrogen and oxygen atoms in total. The fourth-order valence-electron chi connectivity index (χ4n) is 4.31. The van der Waals surface area contributed by atoms with Gasteiger partial charge in [-0.25, -0.2) is 4.79 Å². The summed E-state index contributed by atoms with van der Waals surface area (Å²) < 4.78 is 1.51. The van der Waals surface area contributed by atoms with Crippen LogP contribution in [0, 0.1) is 0 Å². The van der Waals surface area contributed by atoms with Crippen molar-refractivity contribution in [2.24, 2.45) is 0 Å². The van der Waals surface area contributed by atoms with Gasteiger partial charge in [0, 0.05) is 34.3 Å². The van der Waals surface area contributed by atoms with E-state index in [4.69, 9.17) is 0 Å². The van der Waals surface area contributed by atoms with Crippen LogP contribution in [0.4, 0.5) is 0 Å². The van der Waals surface area contributed by atoms with Gasteiger partial charge in [-0.3, -0.25) is 9.48 Å². The predicted octanol–water partition coefficient (Wildman–Crippen LogP) is 4.55. The first-order valence-electron chi connectivity index (χ1n) is 10.4. The molecule has 0 aliphatic carbocycles. The van der Waals surface area contributed by atoms with E-state index in [9.17, 15) is 14.7 Å². The Hall–Kier alpha value is -3.19. The average molecular weight is 436 g/mol. The van der Waals surface area contributed by atoms with Crippen LogP contribution in [-0.4, -0.2) is 38.2 Å². The molecule has 1 aliphatic heterocycles. The van der Waals surface area contributed by atoms with E-state index in [0.717, 1.165) is 17.5 Å². The minimum absolute atomic E-state index is 0.0491. The van der Waals surface area contributed by atoms with Crippen molar-refractivity contribution < 1.29 is 14.7 Å². The molecule has 7 heteroatoms. The van der Waals surface area contributed by atoms with E-state index in [2.05, 4.69) is 24.7 Å². The number of amides is 1. The van der Waals surface area contributed by atoms with Crippen LogP contribution in [0.1, 0.15) is 51.1 Å². The smallest absolute Gasteiger partial charge is 0.354 e. The number of aryl methyl sites for hydroxylation is 2. The van der Waals surface area contributed by atoms with Crippen LogP contribution >= 0.6 is 11.3 Å². The standard InChI is InChI=1S/C24H25N3O3S/c1-4-15-11-18-20(13-26(22(28)5-2)14-21(18)31-15)17-10-8-7-9-16(17)19-12-25-27(6-3)23(19)24(29)30/h5,7-12,20H,2,4,6,13-14H2,1,3H3,(H,29,30). The van der Waals surface area contributed by atoms with Crippen molar-refractivity contribution in [3.05, 3.63) is 75.8 Å². The summed E-state index contributed by atoms with van der Waals surface area (Å²) in [6.45, 7) is 9.24. The molecule has 0 saturated heterocycles. The number of aromatic nitrogens is 2. The van der Waals surface area contributed by atoms with Crippen LogP contribution in [-0.2, 0) is 24.3 Å². The van der Waals surface area contributed by atoms with Crippen LogP contribution in [0.25, 0.3) is 11.1 Å². The molecule has 3 heterocycles. The molecule has 0 bridgehead atoms. The zero-order chi connectivity index (χ0) is 22.1. The Morgan fingerprint density at radius 2 is 2.03 bits per heavy atom. The Kier molecular flexibility index (Phi) is 5.78. The Morgan fingerprint density at radius 3 is 2.71 bits per heavy atom. The lowest BCUT2D eigenvalue weighted by atomic mass is 9.83. The van der Waals surface area contributed by atoms with Crippen molar-refractivity contribution >= 4 is 23.2 Å². The maximum atomic E-state index is 12.5. The molecule has 2 aromatic heterocycles. The van der Waals surface area contributed by atoms with Crippen LogP contribution < -0.4 is 0 Å². The molecule has 0 spiro atoms. The van der Waals surface area contributed by atoms with Crippen LogP contribution in [0.5, 0.6) is 0 Å². The summed E-state index contributed by atoms with van der Waals surface area (Å²) >= 11 is 1.74. The maximum absolute atomic E-state index is 12.5. The highest BCUT2D eigenvalue weighted by Gasteiger charge is 2.32. The zero-order valence-electron chi connectivity index (χ0n) is 17.7. The molecule has 31 heavy (non-hydrogen) atoms. The number of nitrogens with zero attached hydrogens (tertiary/aromatic N) is 3. The third-order valence-corrected chi connectivity index (χ3v) is 7.09. The molecule has 0 radical (unpaired) electrons. The summed E-state index contributed by atoms with van der Waals surface area (Å²) in [7, 11) is 0. The minimum Gasteiger partial charge on any atom is -0.477 e. The third-order valence-electron chi connectivity index (χ3n) is 5.81. The maximum Gasteiger partial charge on any atom is 0.354 e. The fourth-order valence-corrected chi connectivity index (χ4v) is 5.49. The highest BCUT2D eigenvalue weighted by Crippen LogP contribution is 2.42. The van der Waals surface area contributed by atoms with Gasteiger partial charge in [0.15, 0.2) is 5.69 Å². The van der Waals surface area contributed by atoms with Crippen molar-refractivity contribution in [3.63, 3.8) is 0 Å². The van der Waals surface area contributed by atoms with Crippen molar-refractivity contribution in [2.75, 3.05) is 6.54 Å². The first-order chi connectivity index (χ1) is 15.0. The van der Waals surface area contributed by atoms with Gasteiger partial charge in [-0.05, 0) is 42.2 Å². The number of hydrogen-bond donors (Lipinski definition) is 1. The van der Waals surface area contributed by atoms with Gasteiger partial charge in [0.25, 0.3) is 0 Å². The van der Waals surface area contributed by atoms with Crippen molar-refractivity contribution in [2.45, 2.75) is 39.3 Å². The van der Waals surface area contributed by atoms with Gasteiger partial charge in [0.1, 0.15) is 0 Å². The Bertz CT molecular complexity index is 1160. The molecule has 1 unspecified atom stereocenters. The summed E-state index contributed by atoms with van der Waals surface area (Å²) in [5.74, 6) is -1.14. The second-order valence-corrected chi connectivity index (χ2v) is 8.76. The quantitative estimate of drug-likeness (QED) is 0.576. The van der Waals surface area contributed by atoms with E-state index in [1.54, 1.807) is 17.5 Å². The van der Waals surface area contributed by atoms with Crippen LogP contribution in [0.3, 0.4) is 0 Å². The SMILES string of the molecule is C=CC(=O)N1Cc2sc(CC)cc2C(c2ccccc2-c2cnn(CC)c2C(=O)O)C1. The number of fused-ring (bicyclic) bond motifs is 1. The lowest BCUT2D eigenvalue weighted by molar-refractivity contribution is -0.127. The summed E-state index contributed by atoms with van der Waals surface area (Å²) in [4.78, 5) is 28.8. The number of aromatic carboxylic acids is 1. The summed E-state index contributed by atoms with van der Waals surface area (Å²) in [5, 5.41) is 14.1. The van der Waals surface area contributed by atoms with E-state index in [1.165, 1.54) is 26.1 Å². The molecular weight excluding hydrogens is 410 g/mol. The number of carboxylic acids is 1. The van der Waals surface area contributed by atoms with Gasteiger partial charge in [-0.1, -0.05) is 37.8 Å². The first kappa shape index (κ1) is 21.1. The number of carbonyl (C=O) groups is 2. The van der Waals surface area contributed by atoms with Gasteiger partial charge in [-0.2, -0.15) is 5.10 Å². The van der Waals surface area contributed by atoms with E-state index >= 15 is 0 Å². The zero-order valence-corrected chi connectivity index (χ0v) is 18.5. The van der Waals surface area contributed by atoms with Crippen molar-refractivity contribution in [3.8, 4) is 11.1 Å². The molecule has 0 fully saturated rings. The van der Waals surface area contributed by atoms with E-state index < -0.39 is 5.97 Å². The normalized spacial score (nSPS) is 15.5. The number of hydrogen-bond acceptors (Lipinski definition) is 4. The van der Waals surface area contributed by atoms with E-state index in [1.807, 2.05) is 36.1 Å². The molecular formula is C24H25N3O3S. The summed E-state index contributed by atoms with van der Waals surface area (Å²) in [6, 6.07) is 10.1. The molecule has 3 aromatic rings. The van der Waals surface area contributed by atoms with E-state index in [0.29, 0.717) is 25.2 Å². The monoisotopic (exact) mass is 435 g/mol. The van der Waals surface area contributed by atoms with Gasteiger partial charge >= 0.3 is 5.97 Å². The predicted molar refractivity (Wildman–Crippen MR) is 121 cm³/mol. The highest BCUT2D eigenvalue weighted by molar-refractivity contribution is 7.12. The fraction of sp³-hybridized carbons (Fsp3) is 0.292. The molecule has 1 aliphatic rings. The molecule has 0 saturated carbocycles. The van der Waals surface area contributed by atoms with Crippen LogP contribution in [0.2, 0.25) is 0 Å². The van der Waals surface area contributed by atoms with E-state index in [-0.39, 0.29) is 17.5 Å². The number of carboxylic acid groups (broad SMARTS) is 1. The molecule has 1 atom stereocenters. The number of thiophene rings is 1. The Labute approximate surface area is 185 Å². The summed E-state index contributed by atoms with van der Waals surface area (Å²) in [5.41, 5.74) is 3.85. The lowest BCUT2D eigenvalue weighted by Crippen LogP contribution is -2.37. The molecule has 1 aromatic carbocycles. The first-order valence-corrected chi connectivity index (χ1v) is 11.2. The average Bonchev–Trinajstić information content (AvgIpc) is 3.41. The van der Waals surface area contributed by atoms with Gasteiger partial charge < -0.3 is 10.0 Å². The van der Waals surface area contributed by atoms with Crippen molar-refractivity contribution in [1.82, 2.24) is 14.7 Å².